The highest BCUT2D eigenvalue weighted by atomic mass is 16.5. The van der Waals surface area contributed by atoms with E-state index in [4.69, 9.17) is 15.2 Å². The molecule has 6 nitrogen and oxygen atoms in total. The van der Waals surface area contributed by atoms with Crippen molar-refractivity contribution in [1.82, 2.24) is 0 Å². The Morgan fingerprint density at radius 3 is 1.56 bits per heavy atom. The summed E-state index contributed by atoms with van der Waals surface area (Å²) in [5.74, 6) is -0.216. The monoisotopic (exact) mass is 649 g/mol. The second kappa shape index (κ2) is 20.6. The van der Waals surface area contributed by atoms with Gasteiger partial charge in [0.15, 0.2) is 5.78 Å². The number of hydrogen-bond donors (Lipinski definition) is 1. The van der Waals surface area contributed by atoms with Crippen molar-refractivity contribution in [3.63, 3.8) is 0 Å². The molecule has 0 fully saturated rings. The maximum Gasteiger partial charge on any atom is 0.306 e. The van der Waals surface area contributed by atoms with Gasteiger partial charge in [0.1, 0.15) is 13.2 Å². The van der Waals surface area contributed by atoms with Gasteiger partial charge in [0.25, 0.3) is 0 Å². The van der Waals surface area contributed by atoms with E-state index in [9.17, 15) is 14.4 Å². The molecule has 48 heavy (non-hydrogen) atoms. The van der Waals surface area contributed by atoms with Crippen LogP contribution in [0, 0.1) is 27.7 Å². The molecule has 0 saturated heterocycles. The first-order valence-electron chi connectivity index (χ1n) is 16.9. The van der Waals surface area contributed by atoms with Gasteiger partial charge in [0, 0.05) is 30.9 Å². The number of carbonyl (C=O) groups is 3. The average molecular weight is 650 g/mol. The molecule has 0 unspecified atom stereocenters. The molecule has 0 aromatic heterocycles. The van der Waals surface area contributed by atoms with Crippen LogP contribution in [0.4, 0.5) is 0 Å². The Morgan fingerprint density at radius 2 is 1.04 bits per heavy atom. The fourth-order valence-electron chi connectivity index (χ4n) is 5.03. The minimum atomic E-state index is -0.211. The molecule has 2 N–H and O–H groups in total. The van der Waals surface area contributed by atoms with E-state index in [0.717, 1.165) is 41.5 Å². The van der Waals surface area contributed by atoms with Crippen LogP contribution in [0.5, 0.6) is 0 Å². The average Bonchev–Trinajstić information content (AvgIpc) is 3.10. The van der Waals surface area contributed by atoms with E-state index in [2.05, 4.69) is 32.0 Å². The standard InChI is InChI=1S/C21H27NO2.C21H24O3/c2*1-16-12-13-19(14-17(16)2)20(22)10-6-7-11-21(23)24-15-18-8-4-3-5-9-18/h3-5,8-9,12-14,20H,6-7,10-11,15,22H2,1-2H3;3-5,8-9,12-14H,6-7,10-11,15H2,1-2H3/t20-;/m1./s1. The first-order chi connectivity index (χ1) is 23.1. The molecule has 0 aliphatic heterocycles. The lowest BCUT2D eigenvalue weighted by Gasteiger charge is -2.13. The van der Waals surface area contributed by atoms with Crippen LogP contribution in [-0.2, 0) is 32.3 Å². The number of ether oxygens (including phenoxy) is 2. The Morgan fingerprint density at radius 1 is 0.562 bits per heavy atom. The highest BCUT2D eigenvalue weighted by Crippen LogP contribution is 2.20. The Kier molecular flexibility index (Phi) is 16.3. The number of aryl methyl sites for hydroxylation is 4. The van der Waals surface area contributed by atoms with Crippen LogP contribution in [-0.4, -0.2) is 17.7 Å². The number of nitrogens with two attached hydrogens (primary N) is 1. The van der Waals surface area contributed by atoms with Crippen molar-refractivity contribution in [2.75, 3.05) is 0 Å². The minimum Gasteiger partial charge on any atom is -0.461 e. The van der Waals surface area contributed by atoms with Crippen LogP contribution in [0.15, 0.2) is 97.1 Å². The van der Waals surface area contributed by atoms with E-state index in [-0.39, 0.29) is 23.8 Å². The van der Waals surface area contributed by atoms with Crippen molar-refractivity contribution in [3.05, 3.63) is 142 Å². The number of carbonyl (C=O) groups excluding carboxylic acids is 3. The van der Waals surface area contributed by atoms with Gasteiger partial charge in [-0.05, 0) is 98.4 Å². The number of benzene rings is 4. The fraction of sp³-hybridized carbons (Fsp3) is 0.357. The summed E-state index contributed by atoms with van der Waals surface area (Å²) in [6.45, 7) is 8.91. The lowest BCUT2D eigenvalue weighted by Crippen LogP contribution is -2.11. The summed E-state index contributed by atoms with van der Waals surface area (Å²) in [6.07, 6.45) is 5.26. The minimum absolute atomic E-state index is 0.0321. The predicted octanol–water partition coefficient (Wildman–Crippen LogP) is 9.40. The lowest BCUT2D eigenvalue weighted by atomic mass is 9.98. The van der Waals surface area contributed by atoms with Crippen LogP contribution in [0.2, 0.25) is 0 Å². The summed E-state index contributed by atoms with van der Waals surface area (Å²) in [6, 6.07) is 31.6. The normalized spacial score (nSPS) is 11.2. The maximum absolute atomic E-state index is 12.1. The van der Waals surface area contributed by atoms with Crippen molar-refractivity contribution >= 4 is 17.7 Å². The molecule has 0 bridgehead atoms. The Balaban J connectivity index is 0.000000260. The summed E-state index contributed by atoms with van der Waals surface area (Å²) >= 11 is 0. The number of ketones is 1. The zero-order chi connectivity index (χ0) is 34.7. The van der Waals surface area contributed by atoms with Gasteiger partial charge in [0.05, 0.1) is 0 Å². The van der Waals surface area contributed by atoms with Crippen LogP contribution < -0.4 is 5.73 Å². The topological polar surface area (TPSA) is 95.7 Å². The number of esters is 2. The molecule has 0 aliphatic rings. The number of Topliss-reactive ketones (excluding diaryl/α,β-unsaturated/α-hetero) is 1. The highest BCUT2D eigenvalue weighted by Gasteiger charge is 2.10. The summed E-state index contributed by atoms with van der Waals surface area (Å²) in [7, 11) is 0. The number of hydrogen-bond acceptors (Lipinski definition) is 6. The van der Waals surface area contributed by atoms with Crippen LogP contribution >= 0.6 is 0 Å². The molecule has 0 heterocycles. The van der Waals surface area contributed by atoms with Crippen LogP contribution in [0.3, 0.4) is 0 Å². The molecule has 4 aromatic rings. The summed E-state index contributed by atoms with van der Waals surface area (Å²) < 4.78 is 10.5. The van der Waals surface area contributed by atoms with E-state index in [0.29, 0.717) is 45.3 Å². The molecule has 0 radical (unpaired) electrons. The first-order valence-corrected chi connectivity index (χ1v) is 16.9. The third-order valence-corrected chi connectivity index (χ3v) is 8.45. The van der Waals surface area contributed by atoms with E-state index < -0.39 is 0 Å². The van der Waals surface area contributed by atoms with Gasteiger partial charge in [0.2, 0.25) is 0 Å². The Hall–Kier alpha value is -4.55. The maximum atomic E-state index is 12.1. The second-order valence-electron chi connectivity index (χ2n) is 12.4. The summed E-state index contributed by atoms with van der Waals surface area (Å²) in [5.41, 5.74) is 15.0. The molecule has 1 atom stereocenters. The van der Waals surface area contributed by atoms with Gasteiger partial charge in [-0.25, -0.2) is 0 Å². The number of unbranched alkanes of at least 4 members (excludes halogenated alkanes) is 2. The van der Waals surface area contributed by atoms with E-state index >= 15 is 0 Å². The summed E-state index contributed by atoms with van der Waals surface area (Å²) in [4.78, 5) is 35.6. The molecule has 0 amide bonds. The molecular formula is C42H51NO5. The largest absolute Gasteiger partial charge is 0.461 e. The fourth-order valence-corrected chi connectivity index (χ4v) is 5.03. The van der Waals surface area contributed by atoms with Gasteiger partial charge >= 0.3 is 11.9 Å². The Labute approximate surface area is 286 Å². The van der Waals surface area contributed by atoms with E-state index in [1.807, 2.05) is 92.7 Å². The quantitative estimate of drug-likeness (QED) is 0.0738. The molecule has 6 heteroatoms. The lowest BCUT2D eigenvalue weighted by molar-refractivity contribution is -0.146. The molecular weight excluding hydrogens is 598 g/mol. The highest BCUT2D eigenvalue weighted by molar-refractivity contribution is 5.96. The number of rotatable bonds is 16. The zero-order valence-corrected chi connectivity index (χ0v) is 29.0. The molecule has 4 rings (SSSR count). The van der Waals surface area contributed by atoms with Crippen LogP contribution in [0.25, 0.3) is 0 Å². The third kappa shape index (κ3) is 14.1. The molecule has 0 saturated carbocycles. The molecule has 254 valence electrons. The Bertz CT molecular complexity index is 1580. The van der Waals surface area contributed by atoms with Gasteiger partial charge in [-0.1, -0.05) is 97.4 Å². The SMILES string of the molecule is Cc1ccc(C(=O)CCCCC(=O)OCc2ccccc2)cc1C.Cc1ccc([C@H](N)CCCCC(=O)OCc2ccccc2)cc1C. The van der Waals surface area contributed by atoms with Crippen LogP contribution in [0.1, 0.15) is 107 Å². The molecule has 4 aromatic carbocycles. The smallest absolute Gasteiger partial charge is 0.306 e. The van der Waals surface area contributed by atoms with Crippen molar-refractivity contribution in [1.29, 1.82) is 0 Å². The van der Waals surface area contributed by atoms with Crippen molar-refractivity contribution in [2.45, 2.75) is 98.3 Å². The zero-order valence-electron chi connectivity index (χ0n) is 29.0. The summed E-state index contributed by atoms with van der Waals surface area (Å²) in [5, 5.41) is 0. The predicted molar refractivity (Wildman–Crippen MR) is 193 cm³/mol. The molecule has 0 aliphatic carbocycles. The van der Waals surface area contributed by atoms with Crippen molar-refractivity contribution < 1.29 is 23.9 Å². The third-order valence-electron chi connectivity index (χ3n) is 8.45. The van der Waals surface area contributed by atoms with Gasteiger partial charge in [-0.2, -0.15) is 0 Å². The van der Waals surface area contributed by atoms with Gasteiger partial charge in [-0.15, -0.1) is 0 Å². The second-order valence-corrected chi connectivity index (χ2v) is 12.4. The van der Waals surface area contributed by atoms with Crippen molar-refractivity contribution in [3.8, 4) is 0 Å². The molecule has 0 spiro atoms. The van der Waals surface area contributed by atoms with Gasteiger partial charge < -0.3 is 15.2 Å². The first kappa shape index (κ1) is 37.9. The van der Waals surface area contributed by atoms with E-state index in [1.165, 1.54) is 22.3 Å². The van der Waals surface area contributed by atoms with Crippen molar-refractivity contribution in [2.24, 2.45) is 5.73 Å². The van der Waals surface area contributed by atoms with E-state index in [1.54, 1.807) is 0 Å². The van der Waals surface area contributed by atoms with Gasteiger partial charge in [-0.3, -0.25) is 14.4 Å².